The van der Waals surface area contributed by atoms with Crippen molar-refractivity contribution in [1.82, 2.24) is 4.90 Å². The van der Waals surface area contributed by atoms with Crippen LogP contribution in [-0.4, -0.2) is 30.2 Å². The Hall–Kier alpha value is -2.56. The Kier molecular flexibility index (Phi) is 7.44. The average Bonchev–Trinajstić information content (AvgIpc) is 2.82. The zero-order valence-electron chi connectivity index (χ0n) is 18.1. The van der Waals surface area contributed by atoms with Crippen LogP contribution in [0.4, 0.5) is 5.69 Å². The van der Waals surface area contributed by atoms with E-state index in [0.717, 1.165) is 36.1 Å². The average molecular weight is 431 g/mol. The molecular weight excluding hydrogens is 400 g/mol. The first-order valence-electron chi connectivity index (χ1n) is 11.0. The number of amides is 1. The second-order valence-corrected chi connectivity index (χ2v) is 9.11. The van der Waals surface area contributed by atoms with Crippen molar-refractivity contribution in [1.29, 1.82) is 0 Å². The highest BCUT2D eigenvalue weighted by Gasteiger charge is 2.19. The molecule has 1 aliphatic rings. The van der Waals surface area contributed by atoms with E-state index in [0.29, 0.717) is 5.56 Å². The lowest BCUT2D eigenvalue weighted by Gasteiger charge is -2.32. The standard InChI is InChI=1S/C27H30N2OS/c1-31-26-10-6-5-9-25(26)28-27(30)24-13-11-23(12-14-24)20-29-17-15-22(16-18-29)19-21-7-3-2-4-8-21/h2-14,22H,15-20H2,1H3,(H,28,30). The van der Waals surface area contributed by atoms with Crippen molar-refractivity contribution in [2.24, 2.45) is 5.92 Å². The second kappa shape index (κ2) is 10.7. The zero-order chi connectivity index (χ0) is 21.5. The number of anilines is 1. The molecule has 3 nitrogen and oxygen atoms in total. The number of rotatable bonds is 7. The quantitative estimate of drug-likeness (QED) is 0.459. The fraction of sp³-hybridized carbons (Fsp3) is 0.296. The number of nitrogens with zero attached hydrogens (tertiary/aromatic N) is 1. The predicted molar refractivity (Wildman–Crippen MR) is 131 cm³/mol. The molecule has 0 aliphatic carbocycles. The number of benzene rings is 3. The maximum Gasteiger partial charge on any atom is 0.255 e. The van der Waals surface area contributed by atoms with Crippen molar-refractivity contribution in [3.05, 3.63) is 95.6 Å². The summed E-state index contributed by atoms with van der Waals surface area (Å²) >= 11 is 1.63. The normalized spacial score (nSPS) is 15.0. The van der Waals surface area contributed by atoms with Crippen molar-refractivity contribution in [3.63, 3.8) is 0 Å². The highest BCUT2D eigenvalue weighted by Crippen LogP contribution is 2.25. The zero-order valence-corrected chi connectivity index (χ0v) is 18.9. The minimum Gasteiger partial charge on any atom is -0.321 e. The molecule has 0 spiro atoms. The lowest BCUT2D eigenvalue weighted by molar-refractivity contribution is 0.102. The van der Waals surface area contributed by atoms with E-state index < -0.39 is 0 Å². The van der Waals surface area contributed by atoms with Crippen LogP contribution in [0.2, 0.25) is 0 Å². The first kappa shape index (κ1) is 21.7. The molecule has 3 aromatic rings. The number of carbonyl (C=O) groups is 1. The van der Waals surface area contributed by atoms with Crippen LogP contribution in [-0.2, 0) is 13.0 Å². The van der Waals surface area contributed by atoms with Gasteiger partial charge in [-0.2, -0.15) is 0 Å². The number of thioether (sulfide) groups is 1. The predicted octanol–water partition coefficient (Wildman–Crippen LogP) is 6.12. The Bertz CT molecular complexity index is 980. The third-order valence-electron chi connectivity index (χ3n) is 6.05. The van der Waals surface area contributed by atoms with Crippen LogP contribution < -0.4 is 5.32 Å². The molecule has 160 valence electrons. The number of hydrogen-bond acceptors (Lipinski definition) is 3. The summed E-state index contributed by atoms with van der Waals surface area (Å²) in [5.41, 5.74) is 4.28. The molecule has 1 N–H and O–H groups in total. The van der Waals surface area contributed by atoms with Crippen LogP contribution in [0.3, 0.4) is 0 Å². The molecule has 3 aromatic carbocycles. The molecule has 0 radical (unpaired) electrons. The molecule has 1 aliphatic heterocycles. The summed E-state index contributed by atoms with van der Waals surface area (Å²) in [5.74, 6) is 0.726. The van der Waals surface area contributed by atoms with E-state index in [-0.39, 0.29) is 5.91 Å². The van der Waals surface area contributed by atoms with Crippen LogP contribution in [0, 0.1) is 5.92 Å². The molecule has 0 saturated carbocycles. The molecule has 4 rings (SSSR count). The maximum atomic E-state index is 12.6. The summed E-state index contributed by atoms with van der Waals surface area (Å²) in [5, 5.41) is 3.03. The summed E-state index contributed by atoms with van der Waals surface area (Å²) in [6.07, 6.45) is 5.72. The van der Waals surface area contributed by atoms with Crippen LogP contribution >= 0.6 is 11.8 Å². The van der Waals surface area contributed by atoms with E-state index >= 15 is 0 Å². The molecular formula is C27H30N2OS. The molecule has 1 saturated heterocycles. The van der Waals surface area contributed by atoms with Crippen LogP contribution in [0.15, 0.2) is 83.8 Å². The summed E-state index contributed by atoms with van der Waals surface area (Å²) < 4.78 is 0. The molecule has 0 bridgehead atoms. The van der Waals surface area contributed by atoms with Gasteiger partial charge in [0.2, 0.25) is 0 Å². The fourth-order valence-corrected chi connectivity index (χ4v) is 4.81. The van der Waals surface area contributed by atoms with E-state index in [1.165, 1.54) is 30.4 Å². The van der Waals surface area contributed by atoms with E-state index in [2.05, 4.69) is 52.7 Å². The minimum atomic E-state index is -0.0604. The largest absolute Gasteiger partial charge is 0.321 e. The Morgan fingerprint density at radius 1 is 0.903 bits per heavy atom. The first-order chi connectivity index (χ1) is 15.2. The molecule has 4 heteroatoms. The Labute approximate surface area is 189 Å². The smallest absolute Gasteiger partial charge is 0.255 e. The minimum absolute atomic E-state index is 0.0604. The van der Waals surface area contributed by atoms with Crippen molar-refractivity contribution in [2.75, 3.05) is 24.7 Å². The van der Waals surface area contributed by atoms with Gasteiger partial charge in [-0.1, -0.05) is 54.6 Å². The molecule has 0 atom stereocenters. The van der Waals surface area contributed by atoms with Gasteiger partial charge in [-0.3, -0.25) is 9.69 Å². The third-order valence-corrected chi connectivity index (χ3v) is 6.85. The Morgan fingerprint density at radius 2 is 1.58 bits per heavy atom. The summed E-state index contributed by atoms with van der Waals surface area (Å²) in [7, 11) is 0. The van der Waals surface area contributed by atoms with E-state index in [1.54, 1.807) is 11.8 Å². The Morgan fingerprint density at radius 3 is 2.29 bits per heavy atom. The maximum absolute atomic E-state index is 12.6. The second-order valence-electron chi connectivity index (χ2n) is 8.26. The van der Waals surface area contributed by atoms with Gasteiger partial charge in [-0.15, -0.1) is 11.8 Å². The van der Waals surface area contributed by atoms with Gasteiger partial charge in [0.15, 0.2) is 0 Å². The highest BCUT2D eigenvalue weighted by atomic mass is 32.2. The number of carbonyl (C=O) groups excluding carboxylic acids is 1. The van der Waals surface area contributed by atoms with Crippen molar-refractivity contribution in [2.45, 2.75) is 30.7 Å². The fourth-order valence-electron chi connectivity index (χ4n) is 4.26. The number of piperidine rings is 1. The van der Waals surface area contributed by atoms with Gasteiger partial charge in [0, 0.05) is 17.0 Å². The van der Waals surface area contributed by atoms with E-state index in [1.807, 2.05) is 42.7 Å². The first-order valence-corrected chi connectivity index (χ1v) is 12.2. The summed E-state index contributed by atoms with van der Waals surface area (Å²) in [4.78, 5) is 16.2. The van der Waals surface area contributed by atoms with Gasteiger partial charge in [-0.25, -0.2) is 0 Å². The molecule has 31 heavy (non-hydrogen) atoms. The van der Waals surface area contributed by atoms with Gasteiger partial charge in [0.25, 0.3) is 5.91 Å². The van der Waals surface area contributed by atoms with Crippen LogP contribution in [0.5, 0.6) is 0 Å². The van der Waals surface area contributed by atoms with Crippen molar-refractivity contribution in [3.8, 4) is 0 Å². The number of nitrogens with one attached hydrogen (secondary N) is 1. The molecule has 0 unspecified atom stereocenters. The van der Waals surface area contributed by atoms with Gasteiger partial charge in [0.1, 0.15) is 0 Å². The van der Waals surface area contributed by atoms with E-state index in [9.17, 15) is 4.79 Å². The summed E-state index contributed by atoms with van der Waals surface area (Å²) in [6.45, 7) is 3.24. The molecule has 0 aromatic heterocycles. The lowest BCUT2D eigenvalue weighted by Crippen LogP contribution is -2.33. The number of likely N-dealkylation sites (tertiary alicyclic amines) is 1. The van der Waals surface area contributed by atoms with Crippen LogP contribution in [0.25, 0.3) is 0 Å². The molecule has 1 fully saturated rings. The van der Waals surface area contributed by atoms with Gasteiger partial charge >= 0.3 is 0 Å². The number of hydrogen-bond donors (Lipinski definition) is 1. The van der Waals surface area contributed by atoms with Crippen molar-refractivity contribution >= 4 is 23.4 Å². The van der Waals surface area contributed by atoms with Crippen LogP contribution in [0.1, 0.15) is 34.3 Å². The highest BCUT2D eigenvalue weighted by molar-refractivity contribution is 7.98. The van der Waals surface area contributed by atoms with E-state index in [4.69, 9.17) is 0 Å². The van der Waals surface area contributed by atoms with Crippen molar-refractivity contribution < 1.29 is 4.79 Å². The van der Waals surface area contributed by atoms with Gasteiger partial charge < -0.3 is 5.32 Å². The monoisotopic (exact) mass is 430 g/mol. The van der Waals surface area contributed by atoms with Gasteiger partial charge in [0.05, 0.1) is 5.69 Å². The SMILES string of the molecule is CSc1ccccc1NC(=O)c1ccc(CN2CCC(Cc3ccccc3)CC2)cc1. The lowest BCUT2D eigenvalue weighted by atomic mass is 9.90. The molecule has 1 amide bonds. The molecule has 1 heterocycles. The van der Waals surface area contributed by atoms with Gasteiger partial charge in [-0.05, 0) is 79.9 Å². The Balaban J connectivity index is 1.27. The topological polar surface area (TPSA) is 32.3 Å². The number of para-hydroxylation sites is 1. The third kappa shape index (κ3) is 5.99. The summed E-state index contributed by atoms with van der Waals surface area (Å²) in [6, 6.07) is 26.8.